The number of nitrogens with one attached hydrogen (secondary N) is 3. The zero-order valence-corrected chi connectivity index (χ0v) is 8.42. The molecule has 0 aliphatic carbocycles. The zero-order valence-electron chi connectivity index (χ0n) is 8.42. The van der Waals surface area contributed by atoms with Crippen molar-refractivity contribution in [3.63, 3.8) is 0 Å². The van der Waals surface area contributed by atoms with Crippen LogP contribution in [0.15, 0.2) is 4.79 Å². The van der Waals surface area contributed by atoms with Gasteiger partial charge in [0.2, 0.25) is 5.95 Å². The van der Waals surface area contributed by atoms with E-state index in [1.165, 1.54) is 0 Å². The third-order valence-electron chi connectivity index (χ3n) is 2.46. The average molecular weight is 210 g/mol. The first-order valence-electron chi connectivity index (χ1n) is 4.66. The predicted molar refractivity (Wildman–Crippen MR) is 58.8 cm³/mol. The molecule has 7 nitrogen and oxygen atoms in total. The lowest BCUT2D eigenvalue weighted by atomic mass is 10.0. The van der Waals surface area contributed by atoms with Gasteiger partial charge in [-0.25, -0.2) is 0 Å². The highest BCUT2D eigenvalue weighted by atomic mass is 16.1. The summed E-state index contributed by atoms with van der Waals surface area (Å²) in [7, 11) is 0. The van der Waals surface area contributed by atoms with Gasteiger partial charge >= 0.3 is 0 Å². The van der Waals surface area contributed by atoms with Gasteiger partial charge in [-0.2, -0.15) is 4.98 Å². The van der Waals surface area contributed by atoms with E-state index in [9.17, 15) is 4.79 Å². The lowest BCUT2D eigenvalue weighted by molar-refractivity contribution is 0.540. The molecule has 15 heavy (non-hydrogen) atoms. The van der Waals surface area contributed by atoms with Gasteiger partial charge in [0.05, 0.1) is 5.54 Å². The molecule has 2 rings (SSSR count). The van der Waals surface area contributed by atoms with E-state index in [2.05, 4.69) is 20.6 Å². The maximum absolute atomic E-state index is 11.6. The third-order valence-corrected chi connectivity index (χ3v) is 2.46. The minimum absolute atomic E-state index is 0.101. The Bertz CT molecular complexity index is 441. The molecule has 1 unspecified atom stereocenters. The fourth-order valence-electron chi connectivity index (χ4n) is 1.48. The van der Waals surface area contributed by atoms with E-state index >= 15 is 0 Å². The van der Waals surface area contributed by atoms with Gasteiger partial charge in [-0.1, -0.05) is 0 Å². The molecule has 1 aliphatic rings. The van der Waals surface area contributed by atoms with Gasteiger partial charge in [-0.05, 0) is 6.92 Å². The maximum atomic E-state index is 11.6. The number of nitrogen functional groups attached to an aromatic ring is 1. The molecular weight excluding hydrogens is 196 g/mol. The Balaban J connectivity index is 2.46. The molecule has 7 N–H and O–H groups in total. The minimum Gasteiger partial charge on any atom is -0.369 e. The van der Waals surface area contributed by atoms with Crippen LogP contribution in [0.2, 0.25) is 0 Å². The van der Waals surface area contributed by atoms with Crippen molar-refractivity contribution in [1.82, 2.24) is 9.97 Å². The van der Waals surface area contributed by atoms with Gasteiger partial charge in [0.25, 0.3) is 5.56 Å². The Morgan fingerprint density at radius 3 is 3.00 bits per heavy atom. The van der Waals surface area contributed by atoms with Crippen LogP contribution in [-0.4, -0.2) is 28.6 Å². The second-order valence-electron chi connectivity index (χ2n) is 3.92. The number of nitrogens with zero attached hydrogens (tertiary/aromatic N) is 1. The number of hydrogen-bond acceptors (Lipinski definition) is 6. The summed E-state index contributed by atoms with van der Waals surface area (Å²) in [5.41, 5.74) is 10.8. The minimum atomic E-state index is -0.336. The molecule has 7 heteroatoms. The van der Waals surface area contributed by atoms with Gasteiger partial charge in [0.15, 0.2) is 5.82 Å². The van der Waals surface area contributed by atoms with E-state index in [0.29, 0.717) is 24.6 Å². The fraction of sp³-hybridized carbons (Fsp3) is 0.500. The maximum Gasteiger partial charge on any atom is 0.277 e. The Morgan fingerprint density at radius 1 is 1.60 bits per heavy atom. The molecule has 0 saturated heterocycles. The largest absolute Gasteiger partial charge is 0.369 e. The Kier molecular flexibility index (Phi) is 2.04. The topological polar surface area (TPSA) is 122 Å². The summed E-state index contributed by atoms with van der Waals surface area (Å²) in [5.74, 6) is 0.576. The van der Waals surface area contributed by atoms with Crippen LogP contribution in [0.25, 0.3) is 0 Å². The van der Waals surface area contributed by atoms with E-state index in [-0.39, 0.29) is 17.0 Å². The molecule has 2 heterocycles. The van der Waals surface area contributed by atoms with E-state index in [4.69, 9.17) is 11.5 Å². The summed E-state index contributed by atoms with van der Waals surface area (Å²) in [4.78, 5) is 18.0. The molecular formula is C8H14N6O. The van der Waals surface area contributed by atoms with Gasteiger partial charge in [0.1, 0.15) is 5.69 Å². The van der Waals surface area contributed by atoms with Crippen LogP contribution in [0.3, 0.4) is 0 Å². The standard InChI is InChI=1S/C8H14N6O/c1-8(2-9)3-11-5-4(14-8)6(15)13-7(10)12-5/h14H,2-3,9H2,1H3,(H4,10,11,12,13,15). The fourth-order valence-corrected chi connectivity index (χ4v) is 1.48. The Labute approximate surface area is 86.3 Å². The van der Waals surface area contributed by atoms with Crippen LogP contribution in [0.4, 0.5) is 17.5 Å². The van der Waals surface area contributed by atoms with Crippen LogP contribution >= 0.6 is 0 Å². The highest BCUT2D eigenvalue weighted by Crippen LogP contribution is 2.24. The van der Waals surface area contributed by atoms with Gasteiger partial charge in [0, 0.05) is 13.1 Å². The number of H-pyrrole nitrogens is 1. The molecule has 1 atom stereocenters. The van der Waals surface area contributed by atoms with Crippen molar-refractivity contribution >= 4 is 17.5 Å². The first-order chi connectivity index (χ1) is 7.04. The van der Waals surface area contributed by atoms with Crippen LogP contribution in [0, 0.1) is 0 Å². The summed E-state index contributed by atoms with van der Waals surface area (Å²) < 4.78 is 0. The van der Waals surface area contributed by atoms with Crippen LogP contribution < -0.4 is 27.7 Å². The number of aromatic nitrogens is 2. The quantitative estimate of drug-likeness (QED) is 0.401. The molecule has 0 radical (unpaired) electrons. The van der Waals surface area contributed by atoms with Crippen LogP contribution in [0.5, 0.6) is 0 Å². The first kappa shape index (κ1) is 9.78. The number of nitrogens with two attached hydrogens (primary N) is 2. The monoisotopic (exact) mass is 210 g/mol. The van der Waals surface area contributed by atoms with Gasteiger partial charge in [-0.3, -0.25) is 9.78 Å². The van der Waals surface area contributed by atoms with Crippen molar-refractivity contribution in [3.8, 4) is 0 Å². The van der Waals surface area contributed by atoms with Crippen LogP contribution in [-0.2, 0) is 0 Å². The van der Waals surface area contributed by atoms with Gasteiger partial charge in [-0.15, -0.1) is 0 Å². The predicted octanol–water partition coefficient (Wildman–Crippen LogP) is -1.09. The van der Waals surface area contributed by atoms with Crippen molar-refractivity contribution in [1.29, 1.82) is 0 Å². The number of anilines is 3. The van der Waals surface area contributed by atoms with E-state index in [0.717, 1.165) is 0 Å². The average Bonchev–Trinajstić information content (AvgIpc) is 2.20. The summed E-state index contributed by atoms with van der Waals surface area (Å²) in [6, 6.07) is 0. The molecule has 0 aromatic carbocycles. The second-order valence-corrected chi connectivity index (χ2v) is 3.92. The third kappa shape index (κ3) is 1.61. The normalized spacial score (nSPS) is 23.9. The van der Waals surface area contributed by atoms with E-state index < -0.39 is 0 Å². The number of aromatic amines is 1. The van der Waals surface area contributed by atoms with Gasteiger partial charge < -0.3 is 22.1 Å². The molecule has 1 aromatic rings. The molecule has 0 spiro atoms. The summed E-state index contributed by atoms with van der Waals surface area (Å²) >= 11 is 0. The molecule has 0 bridgehead atoms. The van der Waals surface area contributed by atoms with Crippen molar-refractivity contribution in [2.75, 3.05) is 29.5 Å². The van der Waals surface area contributed by atoms with Crippen molar-refractivity contribution in [3.05, 3.63) is 10.4 Å². The summed E-state index contributed by atoms with van der Waals surface area (Å²) in [6.07, 6.45) is 0. The second kappa shape index (κ2) is 3.13. The molecule has 82 valence electrons. The molecule has 1 aromatic heterocycles. The molecule has 0 amide bonds. The zero-order chi connectivity index (χ0) is 11.1. The summed E-state index contributed by atoms with van der Waals surface area (Å²) in [6.45, 7) is 2.95. The molecule has 0 fully saturated rings. The first-order valence-corrected chi connectivity index (χ1v) is 4.66. The van der Waals surface area contributed by atoms with Crippen molar-refractivity contribution in [2.45, 2.75) is 12.5 Å². The Hall–Kier alpha value is -1.76. The SMILES string of the molecule is CC1(CN)CNc2nc(N)[nH]c(=O)c2N1. The molecule has 0 saturated carbocycles. The number of rotatable bonds is 1. The lowest BCUT2D eigenvalue weighted by Crippen LogP contribution is -2.52. The smallest absolute Gasteiger partial charge is 0.277 e. The van der Waals surface area contributed by atoms with Crippen molar-refractivity contribution in [2.24, 2.45) is 5.73 Å². The Morgan fingerprint density at radius 2 is 2.33 bits per heavy atom. The van der Waals surface area contributed by atoms with Crippen LogP contribution in [0.1, 0.15) is 6.92 Å². The highest BCUT2D eigenvalue weighted by Gasteiger charge is 2.30. The lowest BCUT2D eigenvalue weighted by Gasteiger charge is -2.35. The van der Waals surface area contributed by atoms with E-state index in [1.807, 2.05) is 6.92 Å². The number of fused-ring (bicyclic) bond motifs is 1. The summed E-state index contributed by atoms with van der Waals surface area (Å²) in [5, 5.41) is 6.10. The van der Waals surface area contributed by atoms with Crippen molar-refractivity contribution < 1.29 is 0 Å². The molecule has 1 aliphatic heterocycles. The number of hydrogen-bond donors (Lipinski definition) is 5. The highest BCUT2D eigenvalue weighted by molar-refractivity contribution is 5.68. The van der Waals surface area contributed by atoms with E-state index in [1.54, 1.807) is 0 Å².